The van der Waals surface area contributed by atoms with Gasteiger partial charge in [0, 0.05) is 25.6 Å². The first-order valence-electron chi connectivity index (χ1n) is 8.59. The van der Waals surface area contributed by atoms with Crippen LogP contribution in [-0.4, -0.2) is 51.9 Å². The van der Waals surface area contributed by atoms with E-state index in [1.165, 1.54) is 19.3 Å². The SMILES string of the molecule is CO[C@@H]1CCC[C@]12CCCN(CCS(=O)(=O)c1ccccc1)C2. The summed E-state index contributed by atoms with van der Waals surface area (Å²) in [5, 5.41) is 0. The zero-order valence-electron chi connectivity index (χ0n) is 13.9. The standard InChI is InChI=1S/C18H27NO3S/c1-22-17-9-5-10-18(17)11-6-12-19(15-18)13-14-23(20,21)16-7-3-2-4-8-16/h2-4,7-8,17H,5-6,9-15H2,1H3/t17-,18-/m1/s1. The Balaban J connectivity index is 1.62. The van der Waals surface area contributed by atoms with E-state index in [9.17, 15) is 8.42 Å². The highest BCUT2D eigenvalue weighted by molar-refractivity contribution is 7.91. The van der Waals surface area contributed by atoms with Gasteiger partial charge in [-0.2, -0.15) is 0 Å². The van der Waals surface area contributed by atoms with E-state index in [1.54, 1.807) is 24.3 Å². The molecule has 1 spiro atoms. The van der Waals surface area contributed by atoms with E-state index in [0.717, 1.165) is 25.9 Å². The minimum absolute atomic E-state index is 0.199. The van der Waals surface area contributed by atoms with Gasteiger partial charge in [0.15, 0.2) is 9.84 Å². The summed E-state index contributed by atoms with van der Waals surface area (Å²) in [6.07, 6.45) is 6.30. The van der Waals surface area contributed by atoms with Gasteiger partial charge in [-0.25, -0.2) is 8.42 Å². The molecule has 0 aromatic heterocycles. The summed E-state index contributed by atoms with van der Waals surface area (Å²) in [5.74, 6) is 0.199. The minimum atomic E-state index is -3.19. The van der Waals surface area contributed by atoms with E-state index in [2.05, 4.69) is 4.90 Å². The number of benzene rings is 1. The second-order valence-electron chi connectivity index (χ2n) is 6.99. The van der Waals surface area contributed by atoms with Crippen LogP contribution in [0.5, 0.6) is 0 Å². The molecule has 128 valence electrons. The molecule has 23 heavy (non-hydrogen) atoms. The maximum Gasteiger partial charge on any atom is 0.179 e. The number of ether oxygens (including phenoxy) is 1. The third-order valence-corrected chi connectivity index (χ3v) is 7.29. The summed E-state index contributed by atoms with van der Waals surface area (Å²) in [6.45, 7) is 2.60. The third kappa shape index (κ3) is 3.62. The Morgan fingerprint density at radius 1 is 1.22 bits per heavy atom. The number of nitrogens with zero attached hydrogens (tertiary/aromatic N) is 1. The molecule has 2 atom stereocenters. The highest BCUT2D eigenvalue weighted by Crippen LogP contribution is 2.46. The van der Waals surface area contributed by atoms with Gasteiger partial charge in [-0.15, -0.1) is 0 Å². The first-order chi connectivity index (χ1) is 11.1. The maximum atomic E-state index is 12.5. The monoisotopic (exact) mass is 337 g/mol. The average Bonchev–Trinajstić information content (AvgIpc) is 2.96. The molecule has 2 fully saturated rings. The Bertz CT molecular complexity index is 616. The lowest BCUT2D eigenvalue weighted by molar-refractivity contribution is -0.0334. The Kier molecular flexibility index (Phi) is 5.09. The van der Waals surface area contributed by atoms with Crippen LogP contribution in [0.2, 0.25) is 0 Å². The lowest BCUT2D eigenvalue weighted by Gasteiger charge is -2.43. The fourth-order valence-corrected chi connectivity index (χ4v) is 5.69. The van der Waals surface area contributed by atoms with Gasteiger partial charge in [-0.05, 0) is 44.4 Å². The molecule has 1 saturated heterocycles. The third-order valence-electron chi connectivity index (χ3n) is 5.57. The molecule has 1 aromatic rings. The van der Waals surface area contributed by atoms with Crippen molar-refractivity contribution in [3.05, 3.63) is 30.3 Å². The Morgan fingerprint density at radius 2 is 1.96 bits per heavy atom. The minimum Gasteiger partial charge on any atom is -0.381 e. The molecule has 5 heteroatoms. The second-order valence-corrected chi connectivity index (χ2v) is 9.10. The molecule has 1 aliphatic carbocycles. The van der Waals surface area contributed by atoms with Crippen molar-refractivity contribution in [2.75, 3.05) is 32.5 Å². The number of rotatable bonds is 5. The van der Waals surface area contributed by atoms with Crippen molar-refractivity contribution in [1.82, 2.24) is 4.90 Å². The topological polar surface area (TPSA) is 46.6 Å². The first-order valence-corrected chi connectivity index (χ1v) is 10.2. The van der Waals surface area contributed by atoms with E-state index in [4.69, 9.17) is 4.74 Å². The van der Waals surface area contributed by atoms with E-state index in [-0.39, 0.29) is 11.2 Å². The van der Waals surface area contributed by atoms with Crippen LogP contribution in [0.3, 0.4) is 0 Å². The molecule has 1 saturated carbocycles. The van der Waals surface area contributed by atoms with E-state index in [1.807, 2.05) is 13.2 Å². The van der Waals surface area contributed by atoms with Gasteiger partial charge in [0.1, 0.15) is 0 Å². The van der Waals surface area contributed by atoms with Crippen LogP contribution in [-0.2, 0) is 14.6 Å². The average molecular weight is 337 g/mol. The lowest BCUT2D eigenvalue weighted by atomic mass is 9.76. The van der Waals surface area contributed by atoms with Gasteiger partial charge >= 0.3 is 0 Å². The highest BCUT2D eigenvalue weighted by atomic mass is 32.2. The predicted molar refractivity (Wildman–Crippen MR) is 91.2 cm³/mol. The summed E-state index contributed by atoms with van der Waals surface area (Å²) in [6, 6.07) is 8.78. The van der Waals surface area contributed by atoms with Crippen molar-refractivity contribution in [3.8, 4) is 0 Å². The maximum absolute atomic E-state index is 12.5. The van der Waals surface area contributed by atoms with E-state index in [0.29, 0.717) is 17.5 Å². The Labute approximate surface area is 139 Å². The molecule has 1 heterocycles. The molecule has 2 aliphatic rings. The quantitative estimate of drug-likeness (QED) is 0.829. The molecule has 4 nitrogen and oxygen atoms in total. The van der Waals surface area contributed by atoms with Crippen LogP contribution < -0.4 is 0 Å². The molecule has 0 unspecified atom stereocenters. The van der Waals surface area contributed by atoms with Gasteiger partial charge < -0.3 is 9.64 Å². The summed E-state index contributed by atoms with van der Waals surface area (Å²) in [5.41, 5.74) is 0.253. The van der Waals surface area contributed by atoms with Gasteiger partial charge in [0.2, 0.25) is 0 Å². The zero-order valence-corrected chi connectivity index (χ0v) is 14.7. The molecular weight excluding hydrogens is 310 g/mol. The van der Waals surface area contributed by atoms with E-state index < -0.39 is 9.84 Å². The summed E-state index contributed by atoms with van der Waals surface area (Å²) < 4.78 is 30.6. The van der Waals surface area contributed by atoms with Crippen molar-refractivity contribution in [3.63, 3.8) is 0 Å². The number of hydrogen-bond donors (Lipinski definition) is 0. The zero-order chi connectivity index (χ0) is 16.3. The molecule has 1 aliphatic heterocycles. The van der Waals surface area contributed by atoms with Crippen LogP contribution >= 0.6 is 0 Å². The molecule has 0 amide bonds. The summed E-state index contributed by atoms with van der Waals surface area (Å²) in [4.78, 5) is 2.77. The molecular formula is C18H27NO3S. The lowest BCUT2D eigenvalue weighted by Crippen LogP contribution is -2.48. The van der Waals surface area contributed by atoms with Crippen LogP contribution in [0.4, 0.5) is 0 Å². The van der Waals surface area contributed by atoms with Crippen LogP contribution in [0, 0.1) is 5.41 Å². The molecule has 0 N–H and O–H groups in total. The molecule has 1 aromatic carbocycles. The van der Waals surface area contributed by atoms with Gasteiger partial charge in [-0.3, -0.25) is 0 Å². The van der Waals surface area contributed by atoms with Crippen LogP contribution in [0.25, 0.3) is 0 Å². The van der Waals surface area contributed by atoms with Crippen LogP contribution in [0.1, 0.15) is 32.1 Å². The number of piperidine rings is 1. The van der Waals surface area contributed by atoms with Gasteiger partial charge in [0.05, 0.1) is 16.8 Å². The van der Waals surface area contributed by atoms with Gasteiger partial charge in [0.25, 0.3) is 0 Å². The van der Waals surface area contributed by atoms with Crippen molar-refractivity contribution in [2.45, 2.75) is 43.1 Å². The van der Waals surface area contributed by atoms with Gasteiger partial charge in [-0.1, -0.05) is 24.6 Å². The smallest absolute Gasteiger partial charge is 0.179 e. The fraction of sp³-hybridized carbons (Fsp3) is 0.667. The number of methoxy groups -OCH3 is 1. The number of likely N-dealkylation sites (tertiary alicyclic amines) is 1. The van der Waals surface area contributed by atoms with Crippen molar-refractivity contribution in [1.29, 1.82) is 0 Å². The first kappa shape index (κ1) is 16.9. The normalized spacial score (nSPS) is 29.2. The Morgan fingerprint density at radius 3 is 2.70 bits per heavy atom. The summed E-state index contributed by atoms with van der Waals surface area (Å²) in [7, 11) is -1.37. The van der Waals surface area contributed by atoms with E-state index >= 15 is 0 Å². The fourth-order valence-electron chi connectivity index (χ4n) is 4.39. The molecule has 0 radical (unpaired) electrons. The summed E-state index contributed by atoms with van der Waals surface area (Å²) >= 11 is 0. The molecule has 3 rings (SSSR count). The highest BCUT2D eigenvalue weighted by Gasteiger charge is 2.45. The molecule has 0 bridgehead atoms. The Hall–Kier alpha value is -0.910. The number of hydrogen-bond acceptors (Lipinski definition) is 4. The predicted octanol–water partition coefficient (Wildman–Crippen LogP) is 2.74. The van der Waals surface area contributed by atoms with Crippen molar-refractivity contribution in [2.24, 2.45) is 5.41 Å². The largest absolute Gasteiger partial charge is 0.381 e. The second kappa shape index (κ2) is 6.91. The van der Waals surface area contributed by atoms with Crippen LogP contribution in [0.15, 0.2) is 35.2 Å². The van der Waals surface area contributed by atoms with Crippen molar-refractivity contribution >= 4 is 9.84 Å². The van der Waals surface area contributed by atoms with Crippen molar-refractivity contribution < 1.29 is 13.2 Å². The number of sulfone groups is 1.